The van der Waals surface area contributed by atoms with Crippen LogP contribution >= 0.6 is 0 Å². The highest BCUT2D eigenvalue weighted by Gasteiger charge is 2.18. The van der Waals surface area contributed by atoms with Crippen LogP contribution < -0.4 is 10.2 Å². The standard InChI is InChI=1S/C12H17N7/c1-13-11-15-9(10-14-5-8-18(10)2)16-12(17-11)19-6-3-4-7-19/h5,8H,3-4,6-7H2,1-2H3,(H,13,15,16,17). The van der Waals surface area contributed by atoms with Crippen molar-refractivity contribution in [1.29, 1.82) is 0 Å². The van der Waals surface area contributed by atoms with Gasteiger partial charge in [0.15, 0.2) is 5.82 Å². The number of hydrogen-bond donors (Lipinski definition) is 1. The first-order valence-corrected chi connectivity index (χ1v) is 6.44. The second kappa shape index (κ2) is 4.83. The van der Waals surface area contributed by atoms with E-state index >= 15 is 0 Å². The maximum atomic E-state index is 4.55. The quantitative estimate of drug-likeness (QED) is 0.883. The lowest BCUT2D eigenvalue weighted by Gasteiger charge is -2.16. The Kier molecular flexibility index (Phi) is 3.02. The van der Waals surface area contributed by atoms with E-state index in [-0.39, 0.29) is 0 Å². The zero-order chi connectivity index (χ0) is 13.2. The smallest absolute Gasteiger partial charge is 0.230 e. The van der Waals surface area contributed by atoms with Gasteiger partial charge >= 0.3 is 0 Å². The average Bonchev–Trinajstić information content (AvgIpc) is 3.09. The van der Waals surface area contributed by atoms with Crippen LogP contribution in [0.5, 0.6) is 0 Å². The topological polar surface area (TPSA) is 71.8 Å². The Morgan fingerprint density at radius 3 is 2.58 bits per heavy atom. The van der Waals surface area contributed by atoms with Gasteiger partial charge in [-0.1, -0.05) is 0 Å². The van der Waals surface area contributed by atoms with E-state index in [1.165, 1.54) is 12.8 Å². The summed E-state index contributed by atoms with van der Waals surface area (Å²) in [5.41, 5.74) is 0. The van der Waals surface area contributed by atoms with E-state index in [4.69, 9.17) is 0 Å². The summed E-state index contributed by atoms with van der Waals surface area (Å²) in [6, 6.07) is 0. The predicted octanol–water partition coefficient (Wildman–Crippen LogP) is 0.914. The number of aromatic nitrogens is 5. The van der Waals surface area contributed by atoms with E-state index in [0.29, 0.717) is 11.8 Å². The number of hydrogen-bond acceptors (Lipinski definition) is 6. The number of aryl methyl sites for hydroxylation is 1. The Morgan fingerprint density at radius 2 is 1.95 bits per heavy atom. The molecule has 1 N–H and O–H groups in total. The summed E-state index contributed by atoms with van der Waals surface area (Å²) in [7, 11) is 3.74. The fourth-order valence-electron chi connectivity index (χ4n) is 2.22. The predicted molar refractivity (Wildman–Crippen MR) is 73.0 cm³/mol. The summed E-state index contributed by atoms with van der Waals surface area (Å²) >= 11 is 0. The van der Waals surface area contributed by atoms with Crippen LogP contribution in [0.3, 0.4) is 0 Å². The van der Waals surface area contributed by atoms with Crippen LogP contribution in [0.2, 0.25) is 0 Å². The van der Waals surface area contributed by atoms with Gasteiger partial charge in [-0.25, -0.2) is 4.98 Å². The summed E-state index contributed by atoms with van der Waals surface area (Å²) in [6.07, 6.45) is 6.01. The van der Waals surface area contributed by atoms with Gasteiger partial charge in [0.25, 0.3) is 0 Å². The van der Waals surface area contributed by atoms with Gasteiger partial charge < -0.3 is 14.8 Å². The lowest BCUT2D eigenvalue weighted by Crippen LogP contribution is -2.21. The maximum absolute atomic E-state index is 4.55. The van der Waals surface area contributed by atoms with Gasteiger partial charge in [0.2, 0.25) is 17.7 Å². The Bertz CT molecular complexity index is 571. The second-order valence-electron chi connectivity index (χ2n) is 4.59. The minimum absolute atomic E-state index is 0.579. The first kappa shape index (κ1) is 11.9. The summed E-state index contributed by atoms with van der Waals surface area (Å²) in [5.74, 6) is 2.66. The lowest BCUT2D eigenvalue weighted by molar-refractivity contribution is 0.862. The molecule has 0 amide bonds. The van der Waals surface area contributed by atoms with Crippen molar-refractivity contribution in [2.45, 2.75) is 12.8 Å². The van der Waals surface area contributed by atoms with Crippen LogP contribution in [0, 0.1) is 0 Å². The molecule has 0 spiro atoms. The number of nitrogens with zero attached hydrogens (tertiary/aromatic N) is 6. The molecule has 7 heteroatoms. The minimum atomic E-state index is 0.579. The Balaban J connectivity index is 2.04. The average molecular weight is 259 g/mol. The van der Waals surface area contributed by atoms with Crippen molar-refractivity contribution in [3.63, 3.8) is 0 Å². The molecule has 0 aliphatic carbocycles. The molecule has 0 unspecified atom stereocenters. The lowest BCUT2D eigenvalue weighted by atomic mass is 10.4. The SMILES string of the molecule is CNc1nc(-c2nccn2C)nc(N2CCCC2)n1. The van der Waals surface area contributed by atoms with Gasteiger partial charge in [0, 0.05) is 39.6 Å². The molecule has 100 valence electrons. The van der Waals surface area contributed by atoms with Crippen molar-refractivity contribution in [3.05, 3.63) is 12.4 Å². The van der Waals surface area contributed by atoms with Crippen LogP contribution in [0.15, 0.2) is 12.4 Å². The van der Waals surface area contributed by atoms with E-state index in [1.54, 1.807) is 6.20 Å². The molecule has 0 aromatic carbocycles. The highest BCUT2D eigenvalue weighted by Crippen LogP contribution is 2.20. The van der Waals surface area contributed by atoms with E-state index in [9.17, 15) is 0 Å². The summed E-state index contributed by atoms with van der Waals surface area (Å²) in [5, 5.41) is 2.99. The molecule has 7 nitrogen and oxygen atoms in total. The Morgan fingerprint density at radius 1 is 1.16 bits per heavy atom. The van der Waals surface area contributed by atoms with Crippen LogP contribution in [-0.4, -0.2) is 44.6 Å². The monoisotopic (exact) mass is 259 g/mol. The first-order valence-electron chi connectivity index (χ1n) is 6.44. The van der Waals surface area contributed by atoms with Crippen molar-refractivity contribution >= 4 is 11.9 Å². The molecule has 1 saturated heterocycles. The van der Waals surface area contributed by atoms with Gasteiger partial charge in [-0.2, -0.15) is 15.0 Å². The third-order valence-corrected chi connectivity index (χ3v) is 3.26. The van der Waals surface area contributed by atoms with Crippen molar-refractivity contribution in [2.24, 2.45) is 7.05 Å². The zero-order valence-corrected chi connectivity index (χ0v) is 11.2. The van der Waals surface area contributed by atoms with Crippen LogP contribution in [0.25, 0.3) is 11.6 Å². The number of nitrogens with one attached hydrogen (secondary N) is 1. The van der Waals surface area contributed by atoms with Gasteiger partial charge in [-0.3, -0.25) is 0 Å². The largest absolute Gasteiger partial charge is 0.357 e. The van der Waals surface area contributed by atoms with Crippen molar-refractivity contribution in [3.8, 4) is 11.6 Å². The highest BCUT2D eigenvalue weighted by molar-refractivity contribution is 5.51. The van der Waals surface area contributed by atoms with Gasteiger partial charge in [0.05, 0.1) is 0 Å². The molecular formula is C12H17N7. The van der Waals surface area contributed by atoms with E-state index in [0.717, 1.165) is 24.9 Å². The molecule has 2 aromatic heterocycles. The minimum Gasteiger partial charge on any atom is -0.357 e. The number of rotatable bonds is 3. The van der Waals surface area contributed by atoms with Crippen LogP contribution in [0.1, 0.15) is 12.8 Å². The normalized spacial score (nSPS) is 14.9. The number of anilines is 2. The molecule has 0 atom stereocenters. The van der Waals surface area contributed by atoms with E-state index in [2.05, 4.69) is 30.2 Å². The molecule has 1 fully saturated rings. The molecule has 1 aliphatic heterocycles. The van der Waals surface area contributed by atoms with Crippen LogP contribution in [0.4, 0.5) is 11.9 Å². The molecule has 0 bridgehead atoms. The maximum Gasteiger partial charge on any atom is 0.230 e. The van der Waals surface area contributed by atoms with Crippen molar-refractivity contribution in [2.75, 3.05) is 30.4 Å². The molecule has 2 aromatic rings. The molecule has 3 rings (SSSR count). The summed E-state index contributed by atoms with van der Waals surface area (Å²) in [6.45, 7) is 2.01. The van der Waals surface area contributed by atoms with Crippen molar-refractivity contribution < 1.29 is 0 Å². The summed E-state index contributed by atoms with van der Waals surface area (Å²) in [4.78, 5) is 19.8. The fourth-order valence-corrected chi connectivity index (χ4v) is 2.22. The molecule has 1 aliphatic rings. The molecular weight excluding hydrogens is 242 g/mol. The van der Waals surface area contributed by atoms with Gasteiger partial charge in [-0.05, 0) is 12.8 Å². The molecule has 0 saturated carbocycles. The zero-order valence-electron chi connectivity index (χ0n) is 11.2. The van der Waals surface area contributed by atoms with E-state index in [1.807, 2.05) is 24.9 Å². The molecule has 0 radical (unpaired) electrons. The molecule has 3 heterocycles. The van der Waals surface area contributed by atoms with E-state index < -0.39 is 0 Å². The highest BCUT2D eigenvalue weighted by atomic mass is 15.3. The Labute approximate surface area is 111 Å². The van der Waals surface area contributed by atoms with Gasteiger partial charge in [0.1, 0.15) is 0 Å². The molecule has 19 heavy (non-hydrogen) atoms. The van der Waals surface area contributed by atoms with Gasteiger partial charge in [-0.15, -0.1) is 0 Å². The second-order valence-corrected chi connectivity index (χ2v) is 4.59. The third kappa shape index (κ3) is 2.23. The summed E-state index contributed by atoms with van der Waals surface area (Å²) < 4.78 is 1.91. The van der Waals surface area contributed by atoms with Crippen LogP contribution in [-0.2, 0) is 7.05 Å². The van der Waals surface area contributed by atoms with Crippen molar-refractivity contribution in [1.82, 2.24) is 24.5 Å². The first-order chi connectivity index (χ1) is 9.28. The Hall–Kier alpha value is -2.18. The third-order valence-electron chi connectivity index (χ3n) is 3.26. The fraction of sp³-hybridized carbons (Fsp3) is 0.500. The number of imidazole rings is 1.